The van der Waals surface area contributed by atoms with Crippen LogP contribution in [0.15, 0.2) is 42.5 Å². The maximum Gasteiger partial charge on any atom is 0.269 e. The topological polar surface area (TPSA) is 56.4 Å². The average Bonchev–Trinajstić information content (AvgIpc) is 2.55. The van der Waals surface area contributed by atoms with Crippen molar-refractivity contribution in [2.75, 3.05) is 24.3 Å². The highest BCUT2D eigenvalue weighted by Gasteiger charge is 2.08. The molecular formula is C16H16Cl2N4OS. The summed E-state index contributed by atoms with van der Waals surface area (Å²) in [7, 11) is 3.81. The fourth-order valence-corrected chi connectivity index (χ4v) is 2.47. The van der Waals surface area contributed by atoms with Gasteiger partial charge in [0.2, 0.25) is 0 Å². The fraction of sp³-hybridized carbons (Fsp3) is 0.125. The summed E-state index contributed by atoms with van der Waals surface area (Å²) in [5.74, 6) is -0.301. The Balaban J connectivity index is 1.93. The van der Waals surface area contributed by atoms with Crippen LogP contribution in [0.1, 0.15) is 10.4 Å². The van der Waals surface area contributed by atoms with Gasteiger partial charge in [0.25, 0.3) is 5.91 Å². The molecule has 0 aromatic heterocycles. The van der Waals surface area contributed by atoms with E-state index in [0.717, 1.165) is 5.69 Å². The van der Waals surface area contributed by atoms with Gasteiger partial charge in [-0.05, 0) is 48.6 Å². The van der Waals surface area contributed by atoms with Crippen LogP contribution in [0, 0.1) is 0 Å². The second kappa shape index (κ2) is 8.19. The van der Waals surface area contributed by atoms with Gasteiger partial charge in [0, 0.05) is 30.4 Å². The maximum atomic E-state index is 12.2. The minimum Gasteiger partial charge on any atom is -0.378 e. The summed E-state index contributed by atoms with van der Waals surface area (Å²) in [6.45, 7) is 0. The molecule has 126 valence electrons. The molecule has 0 aliphatic carbocycles. The summed E-state index contributed by atoms with van der Waals surface area (Å²) in [5, 5.41) is 4.04. The van der Waals surface area contributed by atoms with Crippen molar-refractivity contribution >= 4 is 57.8 Å². The van der Waals surface area contributed by atoms with Crippen LogP contribution < -0.4 is 21.1 Å². The quantitative estimate of drug-likeness (QED) is 0.558. The van der Waals surface area contributed by atoms with Crippen LogP contribution in [0.25, 0.3) is 0 Å². The highest BCUT2D eigenvalue weighted by atomic mass is 35.5. The van der Waals surface area contributed by atoms with Crippen LogP contribution in [0.4, 0.5) is 11.4 Å². The number of hydrogen-bond acceptors (Lipinski definition) is 3. The average molecular weight is 383 g/mol. The number of amides is 1. The molecule has 2 aromatic rings. The smallest absolute Gasteiger partial charge is 0.269 e. The Labute approximate surface area is 155 Å². The first kappa shape index (κ1) is 18.3. The molecule has 0 spiro atoms. The summed E-state index contributed by atoms with van der Waals surface area (Å²) < 4.78 is 0. The van der Waals surface area contributed by atoms with Crippen LogP contribution in [-0.4, -0.2) is 25.1 Å². The van der Waals surface area contributed by atoms with Crippen LogP contribution in [0.2, 0.25) is 10.0 Å². The molecule has 0 bridgehead atoms. The van der Waals surface area contributed by atoms with E-state index in [1.807, 2.05) is 31.1 Å². The van der Waals surface area contributed by atoms with E-state index in [9.17, 15) is 4.79 Å². The number of rotatable bonds is 3. The first-order valence-corrected chi connectivity index (χ1v) is 8.13. The molecule has 0 aliphatic heterocycles. The van der Waals surface area contributed by atoms with E-state index in [-0.39, 0.29) is 11.0 Å². The molecule has 8 heteroatoms. The van der Waals surface area contributed by atoms with Crippen molar-refractivity contribution < 1.29 is 4.79 Å². The summed E-state index contributed by atoms with van der Waals surface area (Å²) in [6.07, 6.45) is 0. The third kappa shape index (κ3) is 4.99. The zero-order valence-corrected chi connectivity index (χ0v) is 15.4. The van der Waals surface area contributed by atoms with Crippen molar-refractivity contribution in [3.63, 3.8) is 0 Å². The van der Waals surface area contributed by atoms with Crippen LogP contribution in [0.5, 0.6) is 0 Å². The Morgan fingerprint density at radius 1 is 1.08 bits per heavy atom. The number of hydrazine groups is 1. The lowest BCUT2D eigenvalue weighted by Crippen LogP contribution is -2.43. The molecule has 0 radical (unpaired) electrons. The second-order valence-corrected chi connectivity index (χ2v) is 6.35. The highest BCUT2D eigenvalue weighted by molar-refractivity contribution is 7.80. The molecule has 0 heterocycles. The van der Waals surface area contributed by atoms with E-state index in [2.05, 4.69) is 16.2 Å². The number of carbonyl (C=O) groups is 1. The lowest BCUT2D eigenvalue weighted by Gasteiger charge is -2.15. The molecule has 1 amide bonds. The van der Waals surface area contributed by atoms with Gasteiger partial charge in [-0.15, -0.1) is 0 Å². The number of carbonyl (C=O) groups excluding carboxylic acids is 1. The van der Waals surface area contributed by atoms with Gasteiger partial charge < -0.3 is 10.2 Å². The van der Waals surface area contributed by atoms with Crippen molar-refractivity contribution in [3.05, 3.63) is 58.1 Å². The molecule has 0 aliphatic rings. The van der Waals surface area contributed by atoms with Gasteiger partial charge in [-0.1, -0.05) is 29.3 Å². The largest absolute Gasteiger partial charge is 0.378 e. The van der Waals surface area contributed by atoms with E-state index in [1.54, 1.807) is 30.3 Å². The Hall–Kier alpha value is -2.02. The standard InChI is InChI=1S/C16H16Cl2N4OS/c1-22(2)12-5-3-4-10(8-12)15(23)20-21-16(24)19-14-7-6-11(17)9-13(14)18/h3-9H,1-2H3,(H,20,23)(H2,19,21,24). The van der Waals surface area contributed by atoms with E-state index in [0.29, 0.717) is 21.3 Å². The van der Waals surface area contributed by atoms with Gasteiger partial charge >= 0.3 is 0 Å². The van der Waals surface area contributed by atoms with Crippen LogP contribution in [-0.2, 0) is 0 Å². The van der Waals surface area contributed by atoms with E-state index < -0.39 is 0 Å². The van der Waals surface area contributed by atoms with E-state index in [1.165, 1.54) is 0 Å². The van der Waals surface area contributed by atoms with Crippen molar-refractivity contribution in [2.24, 2.45) is 0 Å². The third-order valence-corrected chi connectivity index (χ3v) is 3.85. The minimum atomic E-state index is -0.301. The van der Waals surface area contributed by atoms with Gasteiger partial charge in [-0.2, -0.15) is 0 Å². The second-order valence-electron chi connectivity index (χ2n) is 5.10. The first-order valence-electron chi connectivity index (χ1n) is 6.96. The number of anilines is 2. The lowest BCUT2D eigenvalue weighted by atomic mass is 10.2. The normalized spacial score (nSPS) is 10.0. The molecule has 0 atom stereocenters. The Bertz CT molecular complexity index is 767. The zero-order chi connectivity index (χ0) is 17.7. The lowest BCUT2D eigenvalue weighted by molar-refractivity contribution is 0.0944. The zero-order valence-electron chi connectivity index (χ0n) is 13.1. The summed E-state index contributed by atoms with van der Waals surface area (Å²) in [5.41, 5.74) is 7.20. The van der Waals surface area contributed by atoms with Crippen molar-refractivity contribution in [1.82, 2.24) is 10.9 Å². The van der Waals surface area contributed by atoms with Crippen molar-refractivity contribution in [1.29, 1.82) is 0 Å². The number of benzene rings is 2. The van der Waals surface area contributed by atoms with E-state index in [4.69, 9.17) is 35.4 Å². The summed E-state index contributed by atoms with van der Waals surface area (Å²) >= 11 is 17.0. The Morgan fingerprint density at radius 3 is 2.50 bits per heavy atom. The summed E-state index contributed by atoms with van der Waals surface area (Å²) in [6, 6.07) is 12.2. The number of thiocarbonyl (C=S) groups is 1. The molecule has 2 rings (SSSR count). The van der Waals surface area contributed by atoms with E-state index >= 15 is 0 Å². The minimum absolute atomic E-state index is 0.205. The number of nitrogens with one attached hydrogen (secondary N) is 3. The van der Waals surface area contributed by atoms with Gasteiger partial charge in [-0.25, -0.2) is 0 Å². The molecule has 2 aromatic carbocycles. The fourth-order valence-electron chi connectivity index (χ4n) is 1.86. The molecule has 5 nitrogen and oxygen atoms in total. The van der Waals surface area contributed by atoms with Crippen LogP contribution >= 0.6 is 35.4 Å². The van der Waals surface area contributed by atoms with Crippen LogP contribution in [0.3, 0.4) is 0 Å². The maximum absolute atomic E-state index is 12.2. The highest BCUT2D eigenvalue weighted by Crippen LogP contribution is 2.25. The molecule has 0 saturated carbocycles. The molecule has 0 unspecified atom stereocenters. The van der Waals surface area contributed by atoms with Crippen molar-refractivity contribution in [3.8, 4) is 0 Å². The first-order chi connectivity index (χ1) is 11.4. The van der Waals surface area contributed by atoms with Gasteiger partial charge in [0.15, 0.2) is 5.11 Å². The van der Waals surface area contributed by atoms with Gasteiger partial charge in [0.1, 0.15) is 0 Å². The molecule has 0 fully saturated rings. The molecule has 24 heavy (non-hydrogen) atoms. The number of nitrogens with zero attached hydrogens (tertiary/aromatic N) is 1. The number of hydrogen-bond donors (Lipinski definition) is 3. The summed E-state index contributed by atoms with van der Waals surface area (Å²) in [4.78, 5) is 14.1. The number of halogens is 2. The third-order valence-electron chi connectivity index (χ3n) is 3.09. The molecule has 3 N–H and O–H groups in total. The monoisotopic (exact) mass is 382 g/mol. The Morgan fingerprint density at radius 2 is 1.83 bits per heavy atom. The predicted molar refractivity (Wildman–Crippen MR) is 104 cm³/mol. The Kier molecular flexibility index (Phi) is 6.25. The van der Waals surface area contributed by atoms with Gasteiger partial charge in [0.05, 0.1) is 10.7 Å². The van der Waals surface area contributed by atoms with Crippen molar-refractivity contribution in [2.45, 2.75) is 0 Å². The molecule has 0 saturated heterocycles. The SMILES string of the molecule is CN(C)c1cccc(C(=O)NNC(=S)Nc2ccc(Cl)cc2Cl)c1. The van der Waals surface area contributed by atoms with Gasteiger partial charge in [-0.3, -0.25) is 15.6 Å². The predicted octanol–water partition coefficient (Wildman–Crippen LogP) is 3.69. The molecular weight excluding hydrogens is 367 g/mol.